The molecule has 0 N–H and O–H groups in total. The minimum Gasteiger partial charge on any atom is -0.0622 e. The zero-order valence-electron chi connectivity index (χ0n) is 15.5. The highest BCUT2D eigenvalue weighted by atomic mass is 14.3. The van der Waals surface area contributed by atoms with Crippen molar-refractivity contribution in [3.63, 3.8) is 0 Å². The Morgan fingerprint density at radius 3 is 1.39 bits per heavy atom. The van der Waals surface area contributed by atoms with Gasteiger partial charge in [-0.2, -0.15) is 0 Å². The zero-order chi connectivity index (χ0) is 18.8. The van der Waals surface area contributed by atoms with E-state index in [9.17, 15) is 0 Å². The molecule has 0 nitrogen and oxygen atoms in total. The summed E-state index contributed by atoms with van der Waals surface area (Å²) in [5.41, 5.74) is 7.76. The van der Waals surface area contributed by atoms with Gasteiger partial charge in [-0.15, -0.1) is 0 Å². The molecule has 0 amide bonds. The molecule has 0 unspecified atom stereocenters. The molecule has 0 saturated carbocycles. The summed E-state index contributed by atoms with van der Waals surface area (Å²) in [6.45, 7) is 0. The van der Waals surface area contributed by atoms with Crippen LogP contribution in [0.5, 0.6) is 0 Å². The van der Waals surface area contributed by atoms with Crippen LogP contribution in [0.1, 0.15) is 22.3 Å². The highest BCUT2D eigenvalue weighted by Gasteiger charge is 2.27. The molecule has 0 spiro atoms. The summed E-state index contributed by atoms with van der Waals surface area (Å²) in [6, 6.07) is 34.1. The molecule has 5 rings (SSSR count). The number of allylic oxidation sites excluding steroid dienone is 3. The van der Waals surface area contributed by atoms with Gasteiger partial charge < -0.3 is 0 Å². The lowest BCUT2D eigenvalue weighted by molar-refractivity contribution is 1.64. The van der Waals surface area contributed by atoms with Gasteiger partial charge in [0.25, 0.3) is 0 Å². The SMILES string of the molecule is C(=C\c1ccccc1)/C(/C=C/c1ccccc1)=C1c2cc3ccccc3cc21. The van der Waals surface area contributed by atoms with E-state index in [1.54, 1.807) is 0 Å². The molecule has 0 aromatic heterocycles. The fourth-order valence-corrected chi connectivity index (χ4v) is 3.64. The zero-order valence-corrected chi connectivity index (χ0v) is 15.5. The molecule has 28 heavy (non-hydrogen) atoms. The molecule has 1 aliphatic rings. The van der Waals surface area contributed by atoms with Crippen LogP contribution in [-0.2, 0) is 0 Å². The molecule has 4 aromatic carbocycles. The third kappa shape index (κ3) is 3.33. The molecule has 0 heterocycles. The fourth-order valence-electron chi connectivity index (χ4n) is 3.64. The molecule has 0 atom stereocenters. The molecule has 1 aliphatic carbocycles. The lowest BCUT2D eigenvalue weighted by Crippen LogP contribution is -1.75. The van der Waals surface area contributed by atoms with Crippen molar-refractivity contribution in [3.05, 3.63) is 137 Å². The van der Waals surface area contributed by atoms with Crippen LogP contribution in [0.3, 0.4) is 0 Å². The Morgan fingerprint density at radius 2 is 0.929 bits per heavy atom. The monoisotopic (exact) mass is 356 g/mol. The number of rotatable bonds is 4. The quantitative estimate of drug-likeness (QED) is 0.315. The molecule has 0 aliphatic heterocycles. The van der Waals surface area contributed by atoms with E-state index in [-0.39, 0.29) is 0 Å². The van der Waals surface area contributed by atoms with Gasteiger partial charge in [0.15, 0.2) is 0 Å². The van der Waals surface area contributed by atoms with Gasteiger partial charge >= 0.3 is 0 Å². The van der Waals surface area contributed by atoms with E-state index in [1.165, 1.54) is 44.2 Å². The van der Waals surface area contributed by atoms with Crippen LogP contribution in [-0.4, -0.2) is 0 Å². The number of benzene rings is 4. The van der Waals surface area contributed by atoms with Crippen LogP contribution in [0.4, 0.5) is 0 Å². The van der Waals surface area contributed by atoms with Gasteiger partial charge in [-0.3, -0.25) is 0 Å². The van der Waals surface area contributed by atoms with E-state index in [0.717, 1.165) is 0 Å². The predicted molar refractivity (Wildman–Crippen MR) is 121 cm³/mol. The van der Waals surface area contributed by atoms with E-state index in [4.69, 9.17) is 0 Å². The lowest BCUT2D eigenvalue weighted by Gasteiger charge is -1.96. The first-order chi connectivity index (χ1) is 13.9. The Hall–Kier alpha value is -3.64. The summed E-state index contributed by atoms with van der Waals surface area (Å²) in [4.78, 5) is 0. The summed E-state index contributed by atoms with van der Waals surface area (Å²) < 4.78 is 0. The van der Waals surface area contributed by atoms with E-state index >= 15 is 0 Å². The number of fused-ring (bicyclic) bond motifs is 2. The third-order valence-corrected chi connectivity index (χ3v) is 5.16. The van der Waals surface area contributed by atoms with Gasteiger partial charge in [0.05, 0.1) is 0 Å². The average molecular weight is 356 g/mol. The second-order valence-corrected chi connectivity index (χ2v) is 7.06. The maximum Gasteiger partial charge on any atom is -0.00259 e. The molecule has 0 fully saturated rings. The number of hydrogen-bond donors (Lipinski definition) is 0. The molecule has 4 aromatic rings. The molecular weight excluding hydrogens is 336 g/mol. The minimum absolute atomic E-state index is 1.21. The summed E-state index contributed by atoms with van der Waals surface area (Å²) in [6.07, 6.45) is 8.84. The summed E-state index contributed by atoms with van der Waals surface area (Å²) in [7, 11) is 0. The molecule has 0 bridgehead atoms. The Labute approximate surface area is 165 Å². The van der Waals surface area contributed by atoms with Crippen molar-refractivity contribution in [3.8, 4) is 0 Å². The van der Waals surface area contributed by atoms with Crippen LogP contribution in [0.25, 0.3) is 28.5 Å². The van der Waals surface area contributed by atoms with Gasteiger partial charge in [0.2, 0.25) is 0 Å². The first-order valence-electron chi connectivity index (χ1n) is 9.62. The van der Waals surface area contributed by atoms with Crippen molar-refractivity contribution in [1.29, 1.82) is 0 Å². The molecule has 0 heteroatoms. The first kappa shape index (κ1) is 16.5. The van der Waals surface area contributed by atoms with Gasteiger partial charge in [0, 0.05) is 0 Å². The first-order valence-corrected chi connectivity index (χ1v) is 9.62. The van der Waals surface area contributed by atoms with E-state index in [1.807, 2.05) is 12.1 Å². The number of hydrogen-bond acceptors (Lipinski definition) is 0. The highest BCUT2D eigenvalue weighted by Crippen LogP contribution is 2.47. The normalized spacial score (nSPS) is 12.6. The molecule has 132 valence electrons. The maximum absolute atomic E-state index is 2.31. The second-order valence-electron chi connectivity index (χ2n) is 7.06. The van der Waals surface area contributed by atoms with Crippen molar-refractivity contribution in [2.45, 2.75) is 0 Å². The summed E-state index contributed by atoms with van der Waals surface area (Å²) in [5.74, 6) is 0. The molecular formula is C28H20. The van der Waals surface area contributed by atoms with Crippen molar-refractivity contribution in [2.75, 3.05) is 0 Å². The average Bonchev–Trinajstić information content (AvgIpc) is 3.46. The predicted octanol–water partition coefficient (Wildman–Crippen LogP) is 7.38. The van der Waals surface area contributed by atoms with Crippen molar-refractivity contribution < 1.29 is 0 Å². The van der Waals surface area contributed by atoms with E-state index in [0.29, 0.717) is 0 Å². The van der Waals surface area contributed by atoms with E-state index < -0.39 is 0 Å². The smallest absolute Gasteiger partial charge is 0.00259 e. The molecule has 0 radical (unpaired) electrons. The fraction of sp³-hybridized carbons (Fsp3) is 0. The second kappa shape index (κ2) is 7.17. The highest BCUT2D eigenvalue weighted by molar-refractivity contribution is 6.09. The van der Waals surface area contributed by atoms with Crippen LogP contribution < -0.4 is 0 Å². The maximum atomic E-state index is 2.31. The Kier molecular flexibility index (Phi) is 4.23. The van der Waals surface area contributed by atoms with E-state index in [2.05, 4.69) is 109 Å². The van der Waals surface area contributed by atoms with Gasteiger partial charge in [-0.05, 0) is 56.3 Å². The Morgan fingerprint density at radius 1 is 0.500 bits per heavy atom. The van der Waals surface area contributed by atoms with Crippen molar-refractivity contribution in [1.82, 2.24) is 0 Å². The molecule has 0 saturated heterocycles. The van der Waals surface area contributed by atoms with Crippen LogP contribution >= 0.6 is 0 Å². The van der Waals surface area contributed by atoms with Crippen molar-refractivity contribution >= 4 is 28.5 Å². The van der Waals surface area contributed by atoms with Gasteiger partial charge in [0.1, 0.15) is 0 Å². The van der Waals surface area contributed by atoms with Crippen LogP contribution in [0, 0.1) is 0 Å². The summed E-state index contributed by atoms with van der Waals surface area (Å²) in [5, 5.41) is 2.60. The minimum atomic E-state index is 1.21. The topological polar surface area (TPSA) is 0 Å². The van der Waals surface area contributed by atoms with Gasteiger partial charge in [-0.1, -0.05) is 109 Å². The van der Waals surface area contributed by atoms with Crippen molar-refractivity contribution in [2.24, 2.45) is 0 Å². The third-order valence-electron chi connectivity index (χ3n) is 5.16. The standard InChI is InChI=1S/C28H20/c1-3-9-21(10-4-1)15-17-23(18-16-22-11-5-2-6-12-22)28-26-19-24-13-7-8-14-25(24)20-27(26)28/h1-20H/b17-15+,18-16+. The van der Waals surface area contributed by atoms with Crippen LogP contribution in [0.15, 0.2) is 115 Å². The Bertz CT molecular complexity index is 1130. The van der Waals surface area contributed by atoms with Gasteiger partial charge in [-0.25, -0.2) is 0 Å². The Balaban J connectivity index is 1.57. The summed E-state index contributed by atoms with van der Waals surface area (Å²) >= 11 is 0. The largest absolute Gasteiger partial charge is 0.0622 e. The lowest BCUT2D eigenvalue weighted by atomic mass is 10.1. The van der Waals surface area contributed by atoms with Crippen LogP contribution in [0.2, 0.25) is 0 Å².